The van der Waals surface area contributed by atoms with Crippen molar-refractivity contribution in [3.63, 3.8) is 0 Å². The second-order valence-electron chi connectivity index (χ2n) is 4.06. The zero-order valence-corrected chi connectivity index (χ0v) is 10.7. The van der Waals surface area contributed by atoms with E-state index in [2.05, 4.69) is 5.10 Å². The first-order chi connectivity index (χ1) is 8.19. The van der Waals surface area contributed by atoms with E-state index in [9.17, 15) is 0 Å². The molecule has 0 N–H and O–H groups in total. The van der Waals surface area contributed by atoms with Crippen LogP contribution in [0.3, 0.4) is 0 Å². The van der Waals surface area contributed by atoms with Gasteiger partial charge in [0.15, 0.2) is 0 Å². The molecule has 4 heteroatoms. The molecule has 0 aliphatic carbocycles. The Kier molecular flexibility index (Phi) is 3.69. The van der Waals surface area contributed by atoms with Gasteiger partial charge in [0.05, 0.1) is 12.1 Å². The van der Waals surface area contributed by atoms with Gasteiger partial charge in [-0.05, 0) is 13.0 Å². The molecule has 0 spiro atoms. The van der Waals surface area contributed by atoms with Crippen molar-refractivity contribution in [2.24, 2.45) is 7.05 Å². The summed E-state index contributed by atoms with van der Waals surface area (Å²) in [4.78, 5) is 0. The highest BCUT2D eigenvalue weighted by Gasteiger charge is 2.04. The van der Waals surface area contributed by atoms with Crippen LogP contribution in [0.5, 0.6) is 5.75 Å². The molecule has 2 rings (SSSR count). The number of alkyl halides is 1. The van der Waals surface area contributed by atoms with Gasteiger partial charge in [0.25, 0.3) is 0 Å². The minimum atomic E-state index is 0.462. The Labute approximate surface area is 106 Å². The molecule has 3 nitrogen and oxygen atoms in total. The fraction of sp³-hybridized carbons (Fsp3) is 0.308. The number of hydrogen-bond donors (Lipinski definition) is 0. The van der Waals surface area contributed by atoms with Gasteiger partial charge in [-0.2, -0.15) is 5.10 Å². The van der Waals surface area contributed by atoms with Crippen molar-refractivity contribution in [3.05, 3.63) is 47.3 Å². The number of aromatic nitrogens is 2. The maximum atomic E-state index is 5.89. The average Bonchev–Trinajstić information content (AvgIpc) is 2.73. The second-order valence-corrected chi connectivity index (χ2v) is 4.32. The average molecular weight is 251 g/mol. The van der Waals surface area contributed by atoms with Crippen molar-refractivity contribution in [3.8, 4) is 5.75 Å². The fourth-order valence-corrected chi connectivity index (χ4v) is 1.87. The lowest BCUT2D eigenvalue weighted by molar-refractivity contribution is 0.303. The van der Waals surface area contributed by atoms with Gasteiger partial charge in [-0.1, -0.05) is 17.7 Å². The van der Waals surface area contributed by atoms with E-state index in [1.807, 2.05) is 38.4 Å². The molecule has 0 unspecified atom stereocenters. The number of aryl methyl sites for hydroxylation is 2. The normalized spacial score (nSPS) is 10.5. The van der Waals surface area contributed by atoms with Crippen LogP contribution in [-0.2, 0) is 19.5 Å². The van der Waals surface area contributed by atoms with Crippen LogP contribution in [0, 0.1) is 6.92 Å². The lowest BCUT2D eigenvalue weighted by Crippen LogP contribution is -1.97. The molecule has 0 aliphatic rings. The van der Waals surface area contributed by atoms with Gasteiger partial charge in [-0.25, -0.2) is 0 Å². The summed E-state index contributed by atoms with van der Waals surface area (Å²) in [5, 5.41) is 4.10. The van der Waals surface area contributed by atoms with Gasteiger partial charge in [0, 0.05) is 24.4 Å². The maximum Gasteiger partial charge on any atom is 0.124 e. The van der Waals surface area contributed by atoms with E-state index in [0.717, 1.165) is 16.9 Å². The van der Waals surface area contributed by atoms with Crippen LogP contribution in [0.1, 0.15) is 16.7 Å². The van der Waals surface area contributed by atoms with Gasteiger partial charge >= 0.3 is 0 Å². The van der Waals surface area contributed by atoms with Crippen molar-refractivity contribution in [1.29, 1.82) is 0 Å². The van der Waals surface area contributed by atoms with Crippen LogP contribution >= 0.6 is 11.6 Å². The zero-order chi connectivity index (χ0) is 12.3. The molecule has 0 amide bonds. The van der Waals surface area contributed by atoms with E-state index in [1.165, 1.54) is 5.56 Å². The van der Waals surface area contributed by atoms with Gasteiger partial charge in [-0.3, -0.25) is 4.68 Å². The third kappa shape index (κ3) is 3.01. The van der Waals surface area contributed by atoms with E-state index in [0.29, 0.717) is 12.5 Å². The van der Waals surface area contributed by atoms with Gasteiger partial charge in [0.1, 0.15) is 12.4 Å². The molecule has 90 valence electrons. The summed E-state index contributed by atoms with van der Waals surface area (Å²) in [5.41, 5.74) is 3.26. The zero-order valence-electron chi connectivity index (χ0n) is 9.98. The predicted molar refractivity (Wildman–Crippen MR) is 68.3 cm³/mol. The fourth-order valence-electron chi connectivity index (χ4n) is 1.66. The third-order valence-corrected chi connectivity index (χ3v) is 2.80. The standard InChI is InChI=1S/C13H15ClN2O/c1-10-3-4-13(12(5-10)6-14)17-9-11-7-15-16(2)8-11/h3-5,7-8H,6,9H2,1-2H3. The lowest BCUT2D eigenvalue weighted by atomic mass is 10.1. The first kappa shape index (κ1) is 12.0. The monoisotopic (exact) mass is 250 g/mol. The highest BCUT2D eigenvalue weighted by Crippen LogP contribution is 2.22. The summed E-state index contributed by atoms with van der Waals surface area (Å²) in [7, 11) is 1.89. The molecule has 1 aromatic heterocycles. The molecule has 0 saturated carbocycles. The van der Waals surface area contributed by atoms with Crippen LogP contribution in [-0.4, -0.2) is 9.78 Å². The summed E-state index contributed by atoms with van der Waals surface area (Å²) in [5.74, 6) is 1.30. The molecule has 17 heavy (non-hydrogen) atoms. The summed E-state index contributed by atoms with van der Waals surface area (Å²) in [6.45, 7) is 2.56. The molecular formula is C13H15ClN2O. The second kappa shape index (κ2) is 5.23. The quantitative estimate of drug-likeness (QED) is 0.780. The van der Waals surface area contributed by atoms with E-state index in [1.54, 1.807) is 10.9 Å². The number of halogens is 1. The largest absolute Gasteiger partial charge is 0.488 e. The van der Waals surface area contributed by atoms with Gasteiger partial charge < -0.3 is 4.74 Å². The highest BCUT2D eigenvalue weighted by atomic mass is 35.5. The van der Waals surface area contributed by atoms with Gasteiger partial charge in [-0.15, -0.1) is 11.6 Å². The summed E-state index contributed by atoms with van der Waals surface area (Å²) in [6, 6.07) is 6.03. The van der Waals surface area contributed by atoms with E-state index in [-0.39, 0.29) is 0 Å². The van der Waals surface area contributed by atoms with Crippen LogP contribution in [0.2, 0.25) is 0 Å². The molecular weight excluding hydrogens is 236 g/mol. The summed E-state index contributed by atoms with van der Waals surface area (Å²) < 4.78 is 7.50. The van der Waals surface area contributed by atoms with E-state index < -0.39 is 0 Å². The molecule has 0 radical (unpaired) electrons. The van der Waals surface area contributed by atoms with Crippen molar-refractivity contribution < 1.29 is 4.74 Å². The first-order valence-corrected chi connectivity index (χ1v) is 5.98. The molecule has 0 bridgehead atoms. The minimum Gasteiger partial charge on any atom is -0.488 e. The Balaban J connectivity index is 2.08. The predicted octanol–water partition coefficient (Wildman–Crippen LogP) is 3.05. The Hall–Kier alpha value is -1.48. The Morgan fingerprint density at radius 1 is 1.41 bits per heavy atom. The van der Waals surface area contributed by atoms with Crippen molar-refractivity contribution in [2.45, 2.75) is 19.4 Å². The van der Waals surface area contributed by atoms with Crippen LogP contribution in [0.15, 0.2) is 30.6 Å². The first-order valence-electron chi connectivity index (χ1n) is 5.45. The Morgan fingerprint density at radius 3 is 2.88 bits per heavy atom. The molecule has 0 fully saturated rings. The van der Waals surface area contributed by atoms with Crippen LogP contribution in [0.4, 0.5) is 0 Å². The topological polar surface area (TPSA) is 27.1 Å². The van der Waals surface area contributed by atoms with E-state index >= 15 is 0 Å². The number of nitrogens with zero attached hydrogens (tertiary/aromatic N) is 2. The third-order valence-electron chi connectivity index (χ3n) is 2.51. The van der Waals surface area contributed by atoms with Crippen LogP contribution in [0.25, 0.3) is 0 Å². The molecule has 1 aromatic carbocycles. The van der Waals surface area contributed by atoms with Crippen LogP contribution < -0.4 is 4.74 Å². The summed E-state index contributed by atoms with van der Waals surface area (Å²) in [6.07, 6.45) is 3.74. The highest BCUT2D eigenvalue weighted by molar-refractivity contribution is 6.17. The van der Waals surface area contributed by atoms with E-state index in [4.69, 9.17) is 16.3 Å². The maximum absolute atomic E-state index is 5.89. The molecule has 1 heterocycles. The Morgan fingerprint density at radius 2 is 2.24 bits per heavy atom. The molecule has 2 aromatic rings. The van der Waals surface area contributed by atoms with Crippen molar-refractivity contribution >= 4 is 11.6 Å². The smallest absolute Gasteiger partial charge is 0.124 e. The molecule has 0 aliphatic heterocycles. The minimum absolute atomic E-state index is 0.462. The van der Waals surface area contributed by atoms with Crippen molar-refractivity contribution in [2.75, 3.05) is 0 Å². The van der Waals surface area contributed by atoms with Gasteiger partial charge in [0.2, 0.25) is 0 Å². The number of benzene rings is 1. The molecule has 0 atom stereocenters. The Bertz CT molecular complexity index is 508. The molecule has 0 saturated heterocycles. The number of ether oxygens (including phenoxy) is 1. The number of hydrogen-bond acceptors (Lipinski definition) is 2. The number of rotatable bonds is 4. The lowest BCUT2D eigenvalue weighted by Gasteiger charge is -2.09. The van der Waals surface area contributed by atoms with Crippen molar-refractivity contribution in [1.82, 2.24) is 9.78 Å². The SMILES string of the molecule is Cc1ccc(OCc2cnn(C)c2)c(CCl)c1. The summed E-state index contributed by atoms with van der Waals surface area (Å²) >= 11 is 5.89.